The first-order chi connectivity index (χ1) is 11.1. The number of sulfone groups is 1. The van der Waals surface area contributed by atoms with Crippen molar-refractivity contribution >= 4 is 37.2 Å². The Morgan fingerprint density at radius 2 is 1.96 bits per heavy atom. The highest BCUT2D eigenvalue weighted by Gasteiger charge is 2.24. The van der Waals surface area contributed by atoms with Crippen LogP contribution in [-0.4, -0.2) is 36.6 Å². The second-order valence-corrected chi connectivity index (χ2v) is 9.77. The maximum Gasteiger partial charge on any atom is 0.321 e. The fourth-order valence-electron chi connectivity index (χ4n) is 2.33. The topological polar surface area (TPSA) is 80.7 Å². The Bertz CT molecular complexity index is 815. The van der Waals surface area contributed by atoms with E-state index in [9.17, 15) is 18.3 Å². The van der Waals surface area contributed by atoms with Crippen LogP contribution >= 0.6 is 11.3 Å². The van der Waals surface area contributed by atoms with Crippen LogP contribution in [0.25, 0.3) is 10.1 Å². The molecule has 0 amide bonds. The van der Waals surface area contributed by atoms with Crippen molar-refractivity contribution in [3.05, 3.63) is 35.2 Å². The highest BCUT2D eigenvalue weighted by molar-refractivity contribution is 7.92. The molecule has 24 heavy (non-hydrogen) atoms. The summed E-state index contributed by atoms with van der Waals surface area (Å²) in [5, 5.41) is 13.1. The molecule has 1 aromatic carbocycles. The Hall–Kier alpha value is -1.44. The third kappa shape index (κ3) is 5.29. The van der Waals surface area contributed by atoms with Crippen molar-refractivity contribution < 1.29 is 23.1 Å². The first-order valence-electron chi connectivity index (χ1n) is 7.64. The SMILES string of the molecule is CC(C)(C)OC(=O)CS(=O)(=O)CCC(O)c1csc2ccccc12. The van der Waals surface area contributed by atoms with Gasteiger partial charge in [-0.1, -0.05) is 18.2 Å². The minimum atomic E-state index is -3.62. The molecule has 0 radical (unpaired) electrons. The number of rotatable bonds is 6. The number of carbonyl (C=O) groups excluding carboxylic acids is 1. The average Bonchev–Trinajstić information content (AvgIpc) is 2.86. The molecule has 0 aliphatic heterocycles. The molecule has 0 saturated carbocycles. The van der Waals surface area contributed by atoms with Crippen LogP contribution in [0.4, 0.5) is 0 Å². The predicted octanol–water partition coefficient (Wildman–Crippen LogP) is 3.08. The first kappa shape index (κ1) is 18.9. The molecular formula is C17H22O5S2. The molecule has 0 saturated heterocycles. The Kier molecular flexibility index (Phi) is 5.67. The van der Waals surface area contributed by atoms with Gasteiger partial charge in [-0.15, -0.1) is 11.3 Å². The van der Waals surface area contributed by atoms with Gasteiger partial charge in [-0.05, 0) is 49.6 Å². The summed E-state index contributed by atoms with van der Waals surface area (Å²) in [4.78, 5) is 11.7. The van der Waals surface area contributed by atoms with Gasteiger partial charge in [-0.3, -0.25) is 4.79 Å². The van der Waals surface area contributed by atoms with Crippen molar-refractivity contribution in [1.82, 2.24) is 0 Å². The van der Waals surface area contributed by atoms with Gasteiger partial charge < -0.3 is 9.84 Å². The second-order valence-electron chi connectivity index (χ2n) is 6.67. The highest BCUT2D eigenvalue weighted by Crippen LogP contribution is 2.31. The Morgan fingerprint density at radius 1 is 1.29 bits per heavy atom. The van der Waals surface area contributed by atoms with Crippen molar-refractivity contribution in [2.45, 2.75) is 38.9 Å². The number of hydrogen-bond acceptors (Lipinski definition) is 6. The zero-order chi connectivity index (χ0) is 18.0. The number of carbonyl (C=O) groups is 1. The van der Waals surface area contributed by atoms with Crippen LogP contribution in [0.1, 0.15) is 38.9 Å². The molecule has 0 aliphatic rings. The van der Waals surface area contributed by atoms with Gasteiger partial charge in [0, 0.05) is 4.70 Å². The van der Waals surface area contributed by atoms with Gasteiger partial charge >= 0.3 is 5.97 Å². The largest absolute Gasteiger partial charge is 0.459 e. The van der Waals surface area contributed by atoms with E-state index in [1.54, 1.807) is 20.8 Å². The second kappa shape index (κ2) is 7.21. The summed E-state index contributed by atoms with van der Waals surface area (Å²) in [6.07, 6.45) is -0.833. The molecule has 1 atom stereocenters. The van der Waals surface area contributed by atoms with Crippen molar-refractivity contribution in [3.63, 3.8) is 0 Å². The van der Waals surface area contributed by atoms with Crippen LogP contribution < -0.4 is 0 Å². The van der Waals surface area contributed by atoms with E-state index >= 15 is 0 Å². The van der Waals surface area contributed by atoms with Crippen LogP contribution in [0.2, 0.25) is 0 Å². The van der Waals surface area contributed by atoms with Gasteiger partial charge in [0.1, 0.15) is 11.4 Å². The third-order valence-corrected chi connectivity index (χ3v) is 5.84. The normalized spacial score (nSPS) is 13.8. The monoisotopic (exact) mass is 370 g/mol. The molecule has 1 heterocycles. The molecule has 0 spiro atoms. The molecule has 2 rings (SSSR count). The smallest absolute Gasteiger partial charge is 0.321 e. The minimum Gasteiger partial charge on any atom is -0.459 e. The van der Waals surface area contributed by atoms with E-state index < -0.39 is 33.3 Å². The number of esters is 1. The van der Waals surface area contributed by atoms with Crippen LogP contribution in [0.15, 0.2) is 29.6 Å². The van der Waals surface area contributed by atoms with Crippen LogP contribution in [0.5, 0.6) is 0 Å². The van der Waals surface area contributed by atoms with Crippen molar-refractivity contribution in [3.8, 4) is 0 Å². The van der Waals surface area contributed by atoms with Gasteiger partial charge in [0.15, 0.2) is 9.84 Å². The van der Waals surface area contributed by atoms with Crippen molar-refractivity contribution in [2.24, 2.45) is 0 Å². The Balaban J connectivity index is 1.97. The number of aliphatic hydroxyl groups is 1. The molecule has 1 N–H and O–H groups in total. The first-order valence-corrected chi connectivity index (χ1v) is 10.3. The molecular weight excluding hydrogens is 348 g/mol. The number of aliphatic hydroxyl groups excluding tert-OH is 1. The highest BCUT2D eigenvalue weighted by atomic mass is 32.2. The average molecular weight is 370 g/mol. The summed E-state index contributed by atoms with van der Waals surface area (Å²) in [6.45, 7) is 5.05. The molecule has 0 aliphatic carbocycles. The number of benzene rings is 1. The van der Waals surface area contributed by atoms with E-state index in [-0.39, 0.29) is 12.2 Å². The summed E-state index contributed by atoms with van der Waals surface area (Å²) in [6, 6.07) is 7.65. The number of thiophene rings is 1. The minimum absolute atomic E-state index is 0.0475. The lowest BCUT2D eigenvalue weighted by molar-refractivity contribution is -0.151. The van der Waals surface area contributed by atoms with Gasteiger partial charge in [0.2, 0.25) is 0 Å². The van der Waals surface area contributed by atoms with E-state index in [1.165, 1.54) is 11.3 Å². The van der Waals surface area contributed by atoms with E-state index in [0.29, 0.717) is 0 Å². The molecule has 7 heteroatoms. The lowest BCUT2D eigenvalue weighted by Crippen LogP contribution is -2.29. The predicted molar refractivity (Wildman–Crippen MR) is 95.9 cm³/mol. The molecule has 132 valence electrons. The lowest BCUT2D eigenvalue weighted by Gasteiger charge is -2.19. The summed E-state index contributed by atoms with van der Waals surface area (Å²) in [5.74, 6) is -1.70. The standard InChI is InChI=1S/C17H22O5S2/c1-17(2,3)22-16(19)11-24(20,21)9-8-14(18)13-10-23-15-7-5-4-6-12(13)15/h4-7,10,14,18H,8-9,11H2,1-3H3. The zero-order valence-electron chi connectivity index (χ0n) is 14.0. The quantitative estimate of drug-likeness (QED) is 0.791. The van der Waals surface area contributed by atoms with Gasteiger partial charge in [-0.2, -0.15) is 0 Å². The van der Waals surface area contributed by atoms with Crippen LogP contribution in [0, 0.1) is 0 Å². The van der Waals surface area contributed by atoms with E-state index in [1.807, 2.05) is 29.6 Å². The van der Waals surface area contributed by atoms with Gasteiger partial charge in [-0.25, -0.2) is 8.42 Å². The fraction of sp³-hybridized carbons (Fsp3) is 0.471. The molecule has 0 fully saturated rings. The van der Waals surface area contributed by atoms with Gasteiger partial charge in [0.25, 0.3) is 0 Å². The lowest BCUT2D eigenvalue weighted by atomic mass is 10.1. The summed E-state index contributed by atoms with van der Waals surface area (Å²) in [7, 11) is -3.62. The molecule has 1 aromatic heterocycles. The van der Waals surface area contributed by atoms with Crippen molar-refractivity contribution in [1.29, 1.82) is 0 Å². The third-order valence-electron chi connectivity index (χ3n) is 3.33. The summed E-state index contributed by atoms with van der Waals surface area (Å²) < 4.78 is 30.2. The van der Waals surface area contributed by atoms with E-state index in [4.69, 9.17) is 4.74 Å². The zero-order valence-corrected chi connectivity index (χ0v) is 15.6. The van der Waals surface area contributed by atoms with Gasteiger partial charge in [0.05, 0.1) is 11.9 Å². The summed E-state index contributed by atoms with van der Waals surface area (Å²) >= 11 is 1.51. The molecule has 2 aromatic rings. The van der Waals surface area contributed by atoms with E-state index in [2.05, 4.69) is 0 Å². The number of ether oxygens (including phenoxy) is 1. The Morgan fingerprint density at radius 3 is 2.62 bits per heavy atom. The molecule has 5 nitrogen and oxygen atoms in total. The maximum absolute atomic E-state index is 12.1. The van der Waals surface area contributed by atoms with Crippen molar-refractivity contribution in [2.75, 3.05) is 11.5 Å². The summed E-state index contributed by atoms with van der Waals surface area (Å²) in [5.41, 5.74) is 0.00454. The van der Waals surface area contributed by atoms with E-state index in [0.717, 1.165) is 15.6 Å². The number of fused-ring (bicyclic) bond motifs is 1. The fourth-order valence-corrected chi connectivity index (χ4v) is 4.48. The maximum atomic E-state index is 12.1. The Labute approximate surface area is 146 Å². The number of hydrogen-bond donors (Lipinski definition) is 1. The molecule has 0 bridgehead atoms. The van der Waals surface area contributed by atoms with Crippen LogP contribution in [0.3, 0.4) is 0 Å². The van der Waals surface area contributed by atoms with Crippen LogP contribution in [-0.2, 0) is 19.4 Å². The molecule has 1 unspecified atom stereocenters.